The molecule has 214 valence electrons. The van der Waals surface area contributed by atoms with E-state index in [1.807, 2.05) is 12.1 Å². The molecular formula is C42H30ClNSi. The first-order valence-electron chi connectivity index (χ1n) is 15.3. The lowest BCUT2D eigenvalue weighted by molar-refractivity contribution is 1.29. The molecule has 8 rings (SSSR count). The minimum Gasteiger partial charge on any atom is -0.310 e. The van der Waals surface area contributed by atoms with E-state index in [1.54, 1.807) is 0 Å². The van der Waals surface area contributed by atoms with Crippen LogP contribution in [0.4, 0.5) is 17.1 Å². The number of fused-ring (bicyclic) bond motifs is 3. The summed E-state index contributed by atoms with van der Waals surface area (Å²) in [6.07, 6.45) is 0. The summed E-state index contributed by atoms with van der Waals surface area (Å²) >= 11 is 6.78. The van der Waals surface area contributed by atoms with Crippen LogP contribution in [0.3, 0.4) is 0 Å². The molecule has 3 heteroatoms. The molecule has 0 saturated carbocycles. The standard InChI is InChI=1S/C42H30ClNSi/c43-40-24-14-13-23-37(40)31-25-27-38-39-30-34(44(32-15-5-1-6-16-32)33-17-7-2-8-18-33)26-28-41(39)45(42(38)29-31,35-19-9-3-10-20-35)36-21-11-4-12-22-36/h1-30H. The van der Waals surface area contributed by atoms with Crippen molar-refractivity contribution in [2.45, 2.75) is 0 Å². The Hall–Kier alpha value is -5.15. The number of anilines is 3. The van der Waals surface area contributed by atoms with Crippen molar-refractivity contribution >= 4 is 57.5 Å². The van der Waals surface area contributed by atoms with Gasteiger partial charge in [0.15, 0.2) is 8.07 Å². The molecular weight excluding hydrogens is 582 g/mol. The molecule has 0 radical (unpaired) electrons. The van der Waals surface area contributed by atoms with Gasteiger partial charge in [0, 0.05) is 27.6 Å². The van der Waals surface area contributed by atoms with Gasteiger partial charge in [0.2, 0.25) is 0 Å². The van der Waals surface area contributed by atoms with Crippen LogP contribution in [0.15, 0.2) is 182 Å². The Balaban J connectivity index is 1.43. The van der Waals surface area contributed by atoms with Gasteiger partial charge in [-0.2, -0.15) is 0 Å². The summed E-state index contributed by atoms with van der Waals surface area (Å²) in [6.45, 7) is 0. The van der Waals surface area contributed by atoms with Gasteiger partial charge in [0.1, 0.15) is 0 Å². The molecule has 1 aliphatic rings. The molecule has 45 heavy (non-hydrogen) atoms. The first kappa shape index (κ1) is 27.4. The first-order chi connectivity index (χ1) is 22.2. The van der Waals surface area contributed by atoms with E-state index in [-0.39, 0.29) is 0 Å². The summed E-state index contributed by atoms with van der Waals surface area (Å²) in [7, 11) is -2.69. The molecule has 1 nitrogen and oxygen atoms in total. The average Bonchev–Trinajstić information content (AvgIpc) is 3.40. The van der Waals surface area contributed by atoms with Crippen LogP contribution < -0.4 is 25.6 Å². The van der Waals surface area contributed by atoms with Crippen molar-refractivity contribution in [2.75, 3.05) is 4.90 Å². The maximum Gasteiger partial charge on any atom is 0.180 e. The molecule has 0 N–H and O–H groups in total. The topological polar surface area (TPSA) is 3.24 Å². The van der Waals surface area contributed by atoms with Crippen molar-refractivity contribution in [1.29, 1.82) is 0 Å². The van der Waals surface area contributed by atoms with Crippen LogP contribution in [0.25, 0.3) is 22.3 Å². The van der Waals surface area contributed by atoms with Gasteiger partial charge >= 0.3 is 0 Å². The molecule has 1 heterocycles. The third kappa shape index (κ3) is 4.53. The number of hydrogen-bond donors (Lipinski definition) is 0. The lowest BCUT2D eigenvalue weighted by atomic mass is 9.99. The third-order valence-corrected chi connectivity index (χ3v) is 14.2. The van der Waals surface area contributed by atoms with Crippen LogP contribution in [0, 0.1) is 0 Å². The van der Waals surface area contributed by atoms with E-state index < -0.39 is 8.07 Å². The molecule has 1 aliphatic heterocycles. The molecule has 0 aliphatic carbocycles. The second-order valence-electron chi connectivity index (χ2n) is 11.5. The Morgan fingerprint density at radius 2 is 0.911 bits per heavy atom. The van der Waals surface area contributed by atoms with E-state index in [0.717, 1.165) is 33.2 Å². The van der Waals surface area contributed by atoms with E-state index in [9.17, 15) is 0 Å². The molecule has 0 spiro atoms. The van der Waals surface area contributed by atoms with Crippen molar-refractivity contribution in [3.63, 3.8) is 0 Å². The van der Waals surface area contributed by atoms with Crippen molar-refractivity contribution in [1.82, 2.24) is 0 Å². The number of hydrogen-bond acceptors (Lipinski definition) is 1. The van der Waals surface area contributed by atoms with Crippen molar-refractivity contribution in [3.8, 4) is 22.3 Å². The van der Waals surface area contributed by atoms with Crippen LogP contribution in [0.2, 0.25) is 5.02 Å². The Labute approximate surface area is 270 Å². The number of para-hydroxylation sites is 2. The fourth-order valence-corrected chi connectivity index (χ4v) is 12.5. The Morgan fingerprint density at radius 1 is 0.378 bits per heavy atom. The van der Waals surface area contributed by atoms with Gasteiger partial charge in [-0.15, -0.1) is 0 Å². The second kappa shape index (κ2) is 11.4. The normalized spacial score (nSPS) is 12.7. The highest BCUT2D eigenvalue weighted by Gasteiger charge is 2.49. The van der Waals surface area contributed by atoms with E-state index in [2.05, 4.69) is 175 Å². The molecule has 7 aromatic carbocycles. The van der Waals surface area contributed by atoms with Crippen LogP contribution in [-0.2, 0) is 0 Å². The van der Waals surface area contributed by atoms with Crippen molar-refractivity contribution in [3.05, 3.63) is 187 Å². The van der Waals surface area contributed by atoms with Gasteiger partial charge in [0.05, 0.1) is 0 Å². The van der Waals surface area contributed by atoms with Crippen LogP contribution in [-0.4, -0.2) is 8.07 Å². The molecule has 0 amide bonds. The van der Waals surface area contributed by atoms with Crippen molar-refractivity contribution in [2.24, 2.45) is 0 Å². The average molecular weight is 612 g/mol. The summed E-state index contributed by atoms with van der Waals surface area (Å²) in [5, 5.41) is 6.33. The smallest absolute Gasteiger partial charge is 0.180 e. The third-order valence-electron chi connectivity index (χ3n) is 9.01. The fraction of sp³-hybridized carbons (Fsp3) is 0. The van der Waals surface area contributed by atoms with Gasteiger partial charge in [-0.25, -0.2) is 0 Å². The molecule has 0 saturated heterocycles. The molecule has 0 aromatic heterocycles. The molecule has 7 aromatic rings. The van der Waals surface area contributed by atoms with Gasteiger partial charge in [-0.1, -0.05) is 151 Å². The first-order valence-corrected chi connectivity index (χ1v) is 17.7. The molecule has 0 unspecified atom stereocenters. The maximum absolute atomic E-state index is 6.78. The summed E-state index contributed by atoms with van der Waals surface area (Å²) in [6, 6.07) is 65.8. The SMILES string of the molecule is Clc1ccccc1-c1ccc2c(c1)[Si](c1ccccc1)(c1ccccc1)c1ccc(N(c3ccccc3)c3ccccc3)cc1-2. The fourth-order valence-electron chi connectivity index (χ4n) is 7.08. The Kier molecular flexibility index (Phi) is 6.94. The van der Waals surface area contributed by atoms with E-state index >= 15 is 0 Å². The lowest BCUT2D eigenvalue weighted by Gasteiger charge is -2.32. The van der Waals surface area contributed by atoms with Gasteiger partial charge in [0.25, 0.3) is 0 Å². The van der Waals surface area contributed by atoms with E-state index in [1.165, 1.54) is 31.9 Å². The van der Waals surface area contributed by atoms with Crippen molar-refractivity contribution < 1.29 is 0 Å². The predicted octanol–water partition coefficient (Wildman–Crippen LogP) is 8.83. The quantitative estimate of drug-likeness (QED) is 0.170. The number of benzene rings is 7. The summed E-state index contributed by atoms with van der Waals surface area (Å²) in [5.74, 6) is 0. The Morgan fingerprint density at radius 3 is 1.49 bits per heavy atom. The number of halogens is 1. The monoisotopic (exact) mass is 611 g/mol. The zero-order valence-corrected chi connectivity index (χ0v) is 26.4. The highest BCUT2D eigenvalue weighted by Crippen LogP contribution is 2.39. The van der Waals surface area contributed by atoms with Crippen LogP contribution >= 0.6 is 11.6 Å². The second-order valence-corrected chi connectivity index (χ2v) is 15.6. The summed E-state index contributed by atoms with van der Waals surface area (Å²) < 4.78 is 0. The van der Waals surface area contributed by atoms with Crippen LogP contribution in [0.5, 0.6) is 0 Å². The molecule has 0 bridgehead atoms. The van der Waals surface area contributed by atoms with Gasteiger partial charge < -0.3 is 4.90 Å². The number of rotatable bonds is 6. The zero-order chi connectivity index (χ0) is 30.2. The zero-order valence-electron chi connectivity index (χ0n) is 24.6. The highest BCUT2D eigenvalue weighted by atomic mass is 35.5. The Bertz CT molecular complexity index is 2030. The van der Waals surface area contributed by atoms with Crippen LogP contribution in [0.1, 0.15) is 0 Å². The molecule has 0 fully saturated rings. The number of nitrogens with zero attached hydrogens (tertiary/aromatic N) is 1. The highest BCUT2D eigenvalue weighted by molar-refractivity contribution is 7.22. The minimum absolute atomic E-state index is 0.767. The van der Waals surface area contributed by atoms with Gasteiger partial charge in [-0.05, 0) is 79.9 Å². The molecule has 0 atom stereocenters. The largest absolute Gasteiger partial charge is 0.310 e. The minimum atomic E-state index is -2.69. The maximum atomic E-state index is 6.78. The summed E-state index contributed by atoms with van der Waals surface area (Å²) in [5.41, 5.74) is 8.19. The van der Waals surface area contributed by atoms with E-state index in [4.69, 9.17) is 11.6 Å². The summed E-state index contributed by atoms with van der Waals surface area (Å²) in [4.78, 5) is 2.35. The lowest BCUT2D eigenvalue weighted by Crippen LogP contribution is -2.72. The van der Waals surface area contributed by atoms with E-state index in [0.29, 0.717) is 0 Å². The van der Waals surface area contributed by atoms with Gasteiger partial charge in [-0.3, -0.25) is 0 Å². The predicted molar refractivity (Wildman–Crippen MR) is 194 cm³/mol.